The second-order valence-corrected chi connectivity index (χ2v) is 17.3. The van der Waals surface area contributed by atoms with Crippen molar-refractivity contribution in [2.24, 2.45) is 0 Å². The maximum atomic E-state index is 5.01. The molecule has 2 aromatic heterocycles. The molecule has 0 radical (unpaired) electrons. The third-order valence-corrected chi connectivity index (χ3v) is 13.3. The van der Waals surface area contributed by atoms with Gasteiger partial charge in [0.1, 0.15) is 6.33 Å². The average Bonchev–Trinajstić information content (AvgIpc) is 4.01. The van der Waals surface area contributed by atoms with Crippen molar-refractivity contribution in [3.8, 4) is 22.5 Å². The highest BCUT2D eigenvalue weighted by Gasteiger charge is 2.21. The van der Waals surface area contributed by atoms with Crippen molar-refractivity contribution in [3.05, 3.63) is 261 Å². The van der Waals surface area contributed by atoms with Crippen LogP contribution in [0.15, 0.2) is 261 Å². The van der Waals surface area contributed by atoms with E-state index in [4.69, 9.17) is 4.98 Å². The van der Waals surface area contributed by atoms with E-state index in [0.717, 1.165) is 78.7 Å². The molecule has 13 rings (SSSR count). The van der Waals surface area contributed by atoms with Gasteiger partial charge in [-0.3, -0.25) is 4.57 Å². The first kappa shape index (κ1) is 39.2. The van der Waals surface area contributed by atoms with Crippen molar-refractivity contribution in [2.45, 2.75) is 0 Å². The molecule has 68 heavy (non-hydrogen) atoms. The topological polar surface area (TPSA) is 29.2 Å². The monoisotopic (exact) mass is 869 g/mol. The Kier molecular flexibility index (Phi) is 9.43. The number of para-hydroxylation sites is 4. The minimum atomic E-state index is 1.01. The smallest absolute Gasteiger partial charge is 0.100 e. The quantitative estimate of drug-likeness (QED) is 0.135. The maximum absolute atomic E-state index is 5.01. The van der Waals surface area contributed by atoms with Crippen LogP contribution in [0.2, 0.25) is 0 Å². The van der Waals surface area contributed by atoms with E-state index in [9.17, 15) is 0 Å². The van der Waals surface area contributed by atoms with Gasteiger partial charge in [-0.25, -0.2) is 4.98 Å². The van der Waals surface area contributed by atoms with Gasteiger partial charge in [0.15, 0.2) is 0 Å². The van der Waals surface area contributed by atoms with Gasteiger partial charge in [-0.15, -0.1) is 0 Å². The van der Waals surface area contributed by atoms with Crippen molar-refractivity contribution in [3.63, 3.8) is 0 Å². The van der Waals surface area contributed by atoms with Gasteiger partial charge in [0.05, 0.1) is 22.1 Å². The number of anilines is 6. The lowest BCUT2D eigenvalue weighted by atomic mass is 9.99. The highest BCUT2D eigenvalue weighted by Crippen LogP contribution is 2.43. The number of imidazole rings is 1. The number of rotatable bonds is 9. The Bertz CT molecular complexity index is 3730. The number of hydrogen-bond donors (Lipinski definition) is 0. The standard InChI is InChI=1S/C63H43N5/c1-5-19-46(20-6-1)66(47-21-7-2-8-22-47)52-36-38-60-58(41-52)59-42-53(67(48-23-9-3-10-24-48)49-25-11-4-12-26-49)37-39-61(59)68(60)50-34-32-44(33-35-50)45-18-17-27-51(40-45)65-43-64-62-56-30-15-13-28-54(56)55-29-14-16-31-57(55)63(62)65/h1-43H. The molecule has 0 aliphatic heterocycles. The number of hydrogen-bond acceptors (Lipinski definition) is 3. The van der Waals surface area contributed by atoms with Gasteiger partial charge in [0.25, 0.3) is 0 Å². The third kappa shape index (κ3) is 6.59. The predicted molar refractivity (Wildman–Crippen MR) is 285 cm³/mol. The maximum Gasteiger partial charge on any atom is 0.100 e. The summed E-state index contributed by atoms with van der Waals surface area (Å²) < 4.78 is 4.66. The van der Waals surface area contributed by atoms with Crippen molar-refractivity contribution in [1.29, 1.82) is 0 Å². The van der Waals surface area contributed by atoms with Gasteiger partial charge in [-0.2, -0.15) is 0 Å². The molecule has 0 amide bonds. The fourth-order valence-electron chi connectivity index (χ4n) is 10.2. The highest BCUT2D eigenvalue weighted by molar-refractivity contribution is 6.23. The van der Waals surface area contributed by atoms with Crippen LogP contribution in [0.25, 0.3) is 76.9 Å². The Balaban J connectivity index is 0.952. The summed E-state index contributed by atoms with van der Waals surface area (Å²) in [4.78, 5) is 9.69. The first-order valence-corrected chi connectivity index (χ1v) is 23.1. The van der Waals surface area contributed by atoms with Crippen molar-refractivity contribution < 1.29 is 0 Å². The fourth-order valence-corrected chi connectivity index (χ4v) is 10.2. The zero-order valence-corrected chi connectivity index (χ0v) is 37.1. The molecule has 11 aromatic carbocycles. The summed E-state index contributed by atoms with van der Waals surface area (Å²) in [6.45, 7) is 0. The molecule has 320 valence electrons. The Morgan fingerprint density at radius 2 is 0.750 bits per heavy atom. The summed E-state index contributed by atoms with van der Waals surface area (Å²) in [6.07, 6.45) is 1.97. The van der Waals surface area contributed by atoms with Crippen molar-refractivity contribution in [2.75, 3.05) is 9.80 Å². The summed E-state index contributed by atoms with van der Waals surface area (Å²) in [6, 6.07) is 91.4. The average molecular weight is 870 g/mol. The number of aromatic nitrogens is 3. The molecule has 0 unspecified atom stereocenters. The van der Waals surface area contributed by atoms with Gasteiger partial charge in [0, 0.05) is 67.0 Å². The van der Waals surface area contributed by atoms with E-state index in [1.807, 2.05) is 6.33 Å². The highest BCUT2D eigenvalue weighted by atomic mass is 15.2. The van der Waals surface area contributed by atoms with Crippen LogP contribution in [0.1, 0.15) is 0 Å². The molecule has 5 heteroatoms. The fraction of sp³-hybridized carbons (Fsp3) is 0. The molecule has 0 aliphatic carbocycles. The Morgan fingerprint density at radius 3 is 1.26 bits per heavy atom. The predicted octanol–water partition coefficient (Wildman–Crippen LogP) is 17.0. The van der Waals surface area contributed by atoms with Crippen molar-refractivity contribution >= 4 is 88.5 Å². The molecular weight excluding hydrogens is 827 g/mol. The first-order chi connectivity index (χ1) is 33.7. The zero-order valence-electron chi connectivity index (χ0n) is 37.1. The van der Waals surface area contributed by atoms with Crippen LogP contribution in [-0.2, 0) is 0 Å². The van der Waals surface area contributed by atoms with Crippen LogP contribution in [0.5, 0.6) is 0 Å². The van der Waals surface area contributed by atoms with Crippen LogP contribution in [0.3, 0.4) is 0 Å². The molecule has 5 nitrogen and oxygen atoms in total. The molecule has 0 spiro atoms. The molecule has 0 atom stereocenters. The lowest BCUT2D eigenvalue weighted by Crippen LogP contribution is -2.09. The molecule has 0 aliphatic rings. The third-order valence-electron chi connectivity index (χ3n) is 13.3. The van der Waals surface area contributed by atoms with Gasteiger partial charge < -0.3 is 14.4 Å². The molecular formula is C63H43N5. The summed E-state index contributed by atoms with van der Waals surface area (Å²) in [7, 11) is 0. The summed E-state index contributed by atoms with van der Waals surface area (Å²) in [5.41, 5.74) is 15.4. The van der Waals surface area contributed by atoms with E-state index in [0.29, 0.717) is 0 Å². The Hall–Kier alpha value is -9.19. The lowest BCUT2D eigenvalue weighted by Gasteiger charge is -2.26. The second-order valence-electron chi connectivity index (χ2n) is 17.3. The van der Waals surface area contributed by atoms with E-state index in [1.54, 1.807) is 0 Å². The van der Waals surface area contributed by atoms with E-state index in [2.05, 4.69) is 274 Å². The molecule has 0 saturated heterocycles. The minimum absolute atomic E-state index is 1.01. The SMILES string of the molecule is c1ccc(N(c2ccccc2)c2ccc3c(c2)c2cc(N(c4ccccc4)c4ccccc4)ccc2n3-c2ccc(-c3cccc(-n4cnc5c6ccccc6c6ccccc6c54)c3)cc2)cc1. The van der Waals surface area contributed by atoms with Gasteiger partial charge >= 0.3 is 0 Å². The summed E-state index contributed by atoms with van der Waals surface area (Å²) in [5.74, 6) is 0. The molecule has 0 fully saturated rings. The molecule has 13 aromatic rings. The molecule has 2 heterocycles. The number of fused-ring (bicyclic) bond motifs is 9. The van der Waals surface area contributed by atoms with Crippen molar-refractivity contribution in [1.82, 2.24) is 14.1 Å². The number of nitrogens with zero attached hydrogens (tertiary/aromatic N) is 5. The van der Waals surface area contributed by atoms with E-state index >= 15 is 0 Å². The van der Waals surface area contributed by atoms with Crippen LogP contribution >= 0.6 is 0 Å². The Labute approximate surface area is 394 Å². The van der Waals surface area contributed by atoms with Crippen LogP contribution < -0.4 is 9.80 Å². The van der Waals surface area contributed by atoms with Crippen LogP contribution in [-0.4, -0.2) is 14.1 Å². The molecule has 0 N–H and O–H groups in total. The first-order valence-electron chi connectivity index (χ1n) is 23.1. The minimum Gasteiger partial charge on any atom is -0.310 e. The van der Waals surface area contributed by atoms with Gasteiger partial charge in [-0.05, 0) is 131 Å². The number of benzene rings is 11. The molecule has 0 saturated carbocycles. The summed E-state index contributed by atoms with van der Waals surface area (Å²) >= 11 is 0. The van der Waals surface area contributed by atoms with Gasteiger partial charge in [-0.1, -0.05) is 146 Å². The van der Waals surface area contributed by atoms with E-state index < -0.39 is 0 Å². The van der Waals surface area contributed by atoms with Crippen LogP contribution in [0.4, 0.5) is 34.1 Å². The lowest BCUT2D eigenvalue weighted by molar-refractivity contribution is 1.10. The Morgan fingerprint density at radius 1 is 0.294 bits per heavy atom. The van der Waals surface area contributed by atoms with Gasteiger partial charge in [0.2, 0.25) is 0 Å². The van der Waals surface area contributed by atoms with E-state index in [1.165, 1.54) is 32.3 Å². The largest absolute Gasteiger partial charge is 0.310 e. The summed E-state index contributed by atoms with van der Waals surface area (Å²) in [5, 5.41) is 7.15. The van der Waals surface area contributed by atoms with E-state index in [-0.39, 0.29) is 0 Å². The second kappa shape index (κ2) is 16.4. The normalized spacial score (nSPS) is 11.5. The van der Waals surface area contributed by atoms with Crippen LogP contribution in [0, 0.1) is 0 Å². The molecule has 0 bridgehead atoms. The zero-order chi connectivity index (χ0) is 45.0.